The van der Waals surface area contributed by atoms with Crippen molar-refractivity contribution in [3.05, 3.63) is 71.3 Å². The lowest BCUT2D eigenvalue weighted by molar-refractivity contribution is -0.137. The summed E-state index contributed by atoms with van der Waals surface area (Å²) >= 11 is 6.11. The number of anilines is 1. The van der Waals surface area contributed by atoms with Gasteiger partial charge in [-0.1, -0.05) is 55.4 Å². The average Bonchev–Trinajstić information content (AvgIpc) is 2.61. The maximum Gasteiger partial charge on any atom is 0.303 e. The van der Waals surface area contributed by atoms with E-state index in [-0.39, 0.29) is 18.7 Å². The number of carboxylic acids is 1. The summed E-state index contributed by atoms with van der Waals surface area (Å²) in [6, 6.07) is 14.8. The number of hydrogen-bond donors (Lipinski definition) is 2. The summed E-state index contributed by atoms with van der Waals surface area (Å²) in [6.45, 7) is 5.83. The van der Waals surface area contributed by atoms with E-state index < -0.39 is 11.9 Å². The SMILES string of the molecule is C=C(c1ccccc1)c1cc(Cl)ccc1NC(=O)C(C)CCC(=O)O. The summed E-state index contributed by atoms with van der Waals surface area (Å²) < 4.78 is 0. The Labute approximate surface area is 152 Å². The molecule has 0 fully saturated rings. The molecule has 25 heavy (non-hydrogen) atoms. The predicted molar refractivity (Wildman–Crippen MR) is 101 cm³/mol. The lowest BCUT2D eigenvalue weighted by Crippen LogP contribution is -2.21. The van der Waals surface area contributed by atoms with E-state index in [4.69, 9.17) is 16.7 Å². The van der Waals surface area contributed by atoms with Gasteiger partial charge in [0.15, 0.2) is 0 Å². The summed E-state index contributed by atoms with van der Waals surface area (Å²) in [5.74, 6) is -1.56. The number of hydrogen-bond acceptors (Lipinski definition) is 2. The lowest BCUT2D eigenvalue weighted by Gasteiger charge is -2.16. The van der Waals surface area contributed by atoms with Crippen LogP contribution < -0.4 is 5.32 Å². The number of carbonyl (C=O) groups is 2. The van der Waals surface area contributed by atoms with Gasteiger partial charge in [0, 0.05) is 28.6 Å². The minimum Gasteiger partial charge on any atom is -0.481 e. The van der Waals surface area contributed by atoms with Crippen LogP contribution in [0.15, 0.2) is 55.1 Å². The number of benzene rings is 2. The van der Waals surface area contributed by atoms with Gasteiger partial charge >= 0.3 is 5.97 Å². The molecular formula is C20H20ClNO3. The number of halogens is 1. The molecule has 0 radical (unpaired) electrons. The second-order valence-electron chi connectivity index (χ2n) is 5.86. The van der Waals surface area contributed by atoms with Crippen molar-refractivity contribution in [1.82, 2.24) is 0 Å². The fourth-order valence-electron chi connectivity index (χ4n) is 2.40. The Hall–Kier alpha value is -2.59. The summed E-state index contributed by atoms with van der Waals surface area (Å²) in [7, 11) is 0. The average molecular weight is 358 g/mol. The highest BCUT2D eigenvalue weighted by Gasteiger charge is 2.17. The maximum atomic E-state index is 12.4. The van der Waals surface area contributed by atoms with Crippen LogP contribution in [0.25, 0.3) is 5.57 Å². The Kier molecular flexibility index (Phi) is 6.37. The maximum absolute atomic E-state index is 12.4. The van der Waals surface area contributed by atoms with Crippen LogP contribution >= 0.6 is 11.6 Å². The molecule has 2 aromatic carbocycles. The monoisotopic (exact) mass is 357 g/mol. The van der Waals surface area contributed by atoms with E-state index in [2.05, 4.69) is 11.9 Å². The fourth-order valence-corrected chi connectivity index (χ4v) is 2.57. The highest BCUT2D eigenvalue weighted by atomic mass is 35.5. The molecule has 0 heterocycles. The minimum absolute atomic E-state index is 0.0429. The topological polar surface area (TPSA) is 66.4 Å². The van der Waals surface area contributed by atoms with Gasteiger partial charge in [0.1, 0.15) is 0 Å². The summed E-state index contributed by atoms with van der Waals surface area (Å²) in [4.78, 5) is 23.0. The number of aliphatic carboxylic acids is 1. The third kappa shape index (κ3) is 5.19. The molecular weight excluding hydrogens is 338 g/mol. The Morgan fingerprint density at radius 2 is 1.88 bits per heavy atom. The molecule has 0 aliphatic rings. The van der Waals surface area contributed by atoms with E-state index in [1.807, 2.05) is 30.3 Å². The molecule has 2 aromatic rings. The van der Waals surface area contributed by atoms with Gasteiger partial charge in [-0.2, -0.15) is 0 Å². The molecule has 0 aromatic heterocycles. The van der Waals surface area contributed by atoms with Crippen molar-refractivity contribution in [2.75, 3.05) is 5.32 Å². The fraction of sp³-hybridized carbons (Fsp3) is 0.200. The first-order valence-electron chi connectivity index (χ1n) is 7.95. The number of nitrogens with one attached hydrogen (secondary N) is 1. The number of carboxylic acid groups (broad SMARTS) is 1. The standard InChI is InChI=1S/C20H20ClNO3/c1-13(8-11-19(23)24)20(25)22-18-10-9-16(21)12-17(18)14(2)15-6-4-3-5-7-15/h3-7,9-10,12-13H,2,8,11H2,1H3,(H,22,25)(H,23,24). The number of rotatable bonds is 7. The normalized spacial score (nSPS) is 11.6. The number of amides is 1. The molecule has 130 valence electrons. The molecule has 0 spiro atoms. The van der Waals surface area contributed by atoms with E-state index in [0.29, 0.717) is 10.7 Å². The van der Waals surface area contributed by atoms with Crippen LogP contribution in [0.4, 0.5) is 5.69 Å². The third-order valence-electron chi connectivity index (χ3n) is 3.93. The van der Waals surface area contributed by atoms with Crippen LogP contribution in [0.1, 0.15) is 30.9 Å². The van der Waals surface area contributed by atoms with Gasteiger partial charge in [-0.15, -0.1) is 0 Å². The van der Waals surface area contributed by atoms with Crippen molar-refractivity contribution in [3.8, 4) is 0 Å². The highest BCUT2D eigenvalue weighted by molar-refractivity contribution is 6.31. The number of carbonyl (C=O) groups excluding carboxylic acids is 1. The zero-order chi connectivity index (χ0) is 18.4. The van der Waals surface area contributed by atoms with Crippen molar-refractivity contribution in [1.29, 1.82) is 0 Å². The summed E-state index contributed by atoms with van der Waals surface area (Å²) in [5.41, 5.74) is 3.01. The first-order valence-corrected chi connectivity index (χ1v) is 8.33. The molecule has 1 atom stereocenters. The van der Waals surface area contributed by atoms with Gasteiger partial charge in [0.2, 0.25) is 5.91 Å². The predicted octanol–water partition coefficient (Wildman–Crippen LogP) is 4.84. The summed E-state index contributed by atoms with van der Waals surface area (Å²) in [6.07, 6.45) is 0.239. The van der Waals surface area contributed by atoms with Crippen molar-refractivity contribution in [2.24, 2.45) is 5.92 Å². The molecule has 0 saturated heterocycles. The van der Waals surface area contributed by atoms with Crippen LogP contribution in [0.2, 0.25) is 5.02 Å². The molecule has 4 nitrogen and oxygen atoms in total. The van der Waals surface area contributed by atoms with Crippen molar-refractivity contribution < 1.29 is 14.7 Å². The zero-order valence-corrected chi connectivity index (χ0v) is 14.7. The molecule has 2 rings (SSSR count). The molecule has 2 N–H and O–H groups in total. The lowest BCUT2D eigenvalue weighted by atomic mass is 9.97. The first kappa shape index (κ1) is 18.7. The quantitative estimate of drug-likeness (QED) is 0.745. The van der Waals surface area contributed by atoms with Crippen LogP contribution in [0.5, 0.6) is 0 Å². The van der Waals surface area contributed by atoms with Gasteiger partial charge in [0.05, 0.1) is 0 Å². The van der Waals surface area contributed by atoms with E-state index in [0.717, 1.165) is 16.7 Å². The zero-order valence-electron chi connectivity index (χ0n) is 14.0. The third-order valence-corrected chi connectivity index (χ3v) is 4.16. The van der Waals surface area contributed by atoms with Crippen molar-refractivity contribution >= 4 is 34.7 Å². The van der Waals surface area contributed by atoms with Crippen LogP contribution in [0.3, 0.4) is 0 Å². The van der Waals surface area contributed by atoms with Crippen molar-refractivity contribution in [2.45, 2.75) is 19.8 Å². The largest absolute Gasteiger partial charge is 0.481 e. The van der Waals surface area contributed by atoms with Gasteiger partial charge in [-0.3, -0.25) is 9.59 Å². The molecule has 0 aliphatic carbocycles. The van der Waals surface area contributed by atoms with E-state index in [9.17, 15) is 9.59 Å². The van der Waals surface area contributed by atoms with Gasteiger partial charge in [0.25, 0.3) is 0 Å². The molecule has 0 saturated carbocycles. The first-order chi connectivity index (χ1) is 11.9. The van der Waals surface area contributed by atoms with Crippen molar-refractivity contribution in [3.63, 3.8) is 0 Å². The van der Waals surface area contributed by atoms with Gasteiger partial charge in [-0.25, -0.2) is 0 Å². The summed E-state index contributed by atoms with van der Waals surface area (Å²) in [5, 5.41) is 12.2. The molecule has 1 unspecified atom stereocenters. The molecule has 1 amide bonds. The van der Waals surface area contributed by atoms with E-state index in [1.165, 1.54) is 0 Å². The van der Waals surface area contributed by atoms with Crippen LogP contribution in [-0.2, 0) is 9.59 Å². The second-order valence-corrected chi connectivity index (χ2v) is 6.29. The van der Waals surface area contributed by atoms with E-state index >= 15 is 0 Å². The Bertz CT molecular complexity index is 787. The van der Waals surface area contributed by atoms with Crippen LogP contribution in [-0.4, -0.2) is 17.0 Å². The minimum atomic E-state index is -0.913. The molecule has 5 heteroatoms. The Balaban J connectivity index is 2.22. The Morgan fingerprint density at radius 1 is 1.20 bits per heavy atom. The molecule has 0 bridgehead atoms. The molecule has 0 aliphatic heterocycles. The van der Waals surface area contributed by atoms with Gasteiger partial charge in [-0.05, 0) is 35.8 Å². The van der Waals surface area contributed by atoms with Gasteiger partial charge < -0.3 is 10.4 Å². The second kappa shape index (κ2) is 8.49. The highest BCUT2D eigenvalue weighted by Crippen LogP contribution is 2.31. The van der Waals surface area contributed by atoms with E-state index in [1.54, 1.807) is 25.1 Å². The Morgan fingerprint density at radius 3 is 2.52 bits per heavy atom. The smallest absolute Gasteiger partial charge is 0.303 e. The van der Waals surface area contributed by atoms with Crippen LogP contribution in [0, 0.1) is 5.92 Å².